The molecular weight excluding hydrogens is 246 g/mol. The standard InChI is InChI=1S/C15H12ClNO/c1-11-8-12(9-17)6-7-15(11)18-10-13-4-2-3-5-14(13)16/h2-8H,10H2,1H3. The minimum absolute atomic E-state index is 0.423. The highest BCUT2D eigenvalue weighted by molar-refractivity contribution is 6.31. The number of hydrogen-bond donors (Lipinski definition) is 0. The van der Waals surface area contributed by atoms with Gasteiger partial charge in [-0.25, -0.2) is 0 Å². The van der Waals surface area contributed by atoms with Crippen molar-refractivity contribution in [1.82, 2.24) is 0 Å². The molecule has 2 nitrogen and oxygen atoms in total. The molecule has 2 rings (SSSR count). The zero-order valence-corrected chi connectivity index (χ0v) is 10.7. The van der Waals surface area contributed by atoms with E-state index in [-0.39, 0.29) is 0 Å². The van der Waals surface area contributed by atoms with Crippen LogP contribution >= 0.6 is 11.6 Å². The minimum Gasteiger partial charge on any atom is -0.489 e. The Morgan fingerprint density at radius 3 is 2.67 bits per heavy atom. The summed E-state index contributed by atoms with van der Waals surface area (Å²) in [6.45, 7) is 2.34. The van der Waals surface area contributed by atoms with E-state index < -0.39 is 0 Å². The number of nitrogens with zero attached hydrogens (tertiary/aromatic N) is 1. The fourth-order valence-corrected chi connectivity index (χ4v) is 1.84. The van der Waals surface area contributed by atoms with E-state index in [1.165, 1.54) is 0 Å². The first kappa shape index (κ1) is 12.5. The Labute approximate surface area is 111 Å². The molecule has 0 N–H and O–H groups in total. The van der Waals surface area contributed by atoms with E-state index in [1.54, 1.807) is 6.07 Å². The third-order valence-corrected chi connectivity index (χ3v) is 3.01. The lowest BCUT2D eigenvalue weighted by Crippen LogP contribution is -1.97. The van der Waals surface area contributed by atoms with E-state index in [1.807, 2.05) is 43.3 Å². The zero-order chi connectivity index (χ0) is 13.0. The lowest BCUT2D eigenvalue weighted by atomic mass is 10.1. The predicted molar refractivity (Wildman–Crippen MR) is 71.7 cm³/mol. The smallest absolute Gasteiger partial charge is 0.122 e. The van der Waals surface area contributed by atoms with E-state index >= 15 is 0 Å². The predicted octanol–water partition coefficient (Wildman–Crippen LogP) is 4.10. The quantitative estimate of drug-likeness (QED) is 0.829. The molecule has 3 heteroatoms. The molecule has 0 spiro atoms. The second kappa shape index (κ2) is 5.57. The SMILES string of the molecule is Cc1cc(C#N)ccc1OCc1ccccc1Cl. The van der Waals surface area contributed by atoms with Crippen molar-refractivity contribution < 1.29 is 4.74 Å². The lowest BCUT2D eigenvalue weighted by molar-refractivity contribution is 0.304. The Kier molecular flexibility index (Phi) is 3.86. The summed E-state index contributed by atoms with van der Waals surface area (Å²) >= 11 is 6.05. The zero-order valence-electron chi connectivity index (χ0n) is 9.98. The van der Waals surface area contributed by atoms with Gasteiger partial charge in [-0.2, -0.15) is 5.26 Å². The molecule has 0 fully saturated rings. The van der Waals surface area contributed by atoms with Crippen LogP contribution in [0.2, 0.25) is 5.02 Å². The molecule has 18 heavy (non-hydrogen) atoms. The van der Waals surface area contributed by atoms with Crippen LogP contribution in [-0.4, -0.2) is 0 Å². The topological polar surface area (TPSA) is 33.0 Å². The van der Waals surface area contributed by atoms with Gasteiger partial charge in [0.15, 0.2) is 0 Å². The average Bonchev–Trinajstić information content (AvgIpc) is 2.39. The van der Waals surface area contributed by atoms with E-state index in [2.05, 4.69) is 6.07 Å². The fourth-order valence-electron chi connectivity index (χ4n) is 1.65. The summed E-state index contributed by atoms with van der Waals surface area (Å²) in [5.74, 6) is 0.772. The first-order chi connectivity index (χ1) is 8.70. The maximum atomic E-state index is 8.79. The second-order valence-electron chi connectivity index (χ2n) is 3.97. The fraction of sp³-hybridized carbons (Fsp3) is 0.133. The average molecular weight is 258 g/mol. The third kappa shape index (κ3) is 2.82. The van der Waals surface area contributed by atoms with Crippen LogP contribution in [0.15, 0.2) is 42.5 Å². The van der Waals surface area contributed by atoms with Gasteiger partial charge in [-0.15, -0.1) is 0 Å². The van der Waals surface area contributed by atoms with E-state index in [4.69, 9.17) is 21.6 Å². The number of halogens is 1. The number of benzene rings is 2. The molecule has 0 radical (unpaired) electrons. The van der Waals surface area contributed by atoms with Crippen LogP contribution in [0.1, 0.15) is 16.7 Å². The summed E-state index contributed by atoms with van der Waals surface area (Å²) in [5.41, 5.74) is 2.53. The monoisotopic (exact) mass is 257 g/mol. The van der Waals surface area contributed by atoms with Gasteiger partial charge >= 0.3 is 0 Å². The molecule has 90 valence electrons. The third-order valence-electron chi connectivity index (χ3n) is 2.65. The number of hydrogen-bond acceptors (Lipinski definition) is 2. The maximum Gasteiger partial charge on any atom is 0.122 e. The first-order valence-corrected chi connectivity index (χ1v) is 5.95. The lowest BCUT2D eigenvalue weighted by Gasteiger charge is -2.10. The highest BCUT2D eigenvalue weighted by Crippen LogP contribution is 2.22. The Morgan fingerprint density at radius 2 is 2.00 bits per heavy atom. The molecule has 0 saturated carbocycles. The number of aryl methyl sites for hydroxylation is 1. The van der Waals surface area contributed by atoms with Gasteiger partial charge in [-0.3, -0.25) is 0 Å². The van der Waals surface area contributed by atoms with E-state index in [9.17, 15) is 0 Å². The van der Waals surface area contributed by atoms with Gasteiger partial charge < -0.3 is 4.74 Å². The summed E-state index contributed by atoms with van der Waals surface area (Å²) in [5, 5.41) is 9.49. The Hall–Kier alpha value is -1.98. The Bertz CT molecular complexity index is 602. The molecule has 0 atom stereocenters. The van der Waals surface area contributed by atoms with Gasteiger partial charge in [-0.1, -0.05) is 29.8 Å². The number of ether oxygens (including phenoxy) is 1. The second-order valence-corrected chi connectivity index (χ2v) is 4.38. The number of rotatable bonds is 3. The van der Waals surface area contributed by atoms with Crippen molar-refractivity contribution in [2.24, 2.45) is 0 Å². The largest absolute Gasteiger partial charge is 0.489 e. The molecule has 0 heterocycles. The molecule has 0 aromatic heterocycles. The Balaban J connectivity index is 2.12. The van der Waals surface area contributed by atoms with Crippen LogP contribution in [0.5, 0.6) is 5.75 Å². The van der Waals surface area contributed by atoms with Crippen molar-refractivity contribution in [3.05, 3.63) is 64.2 Å². The van der Waals surface area contributed by atoms with Crippen molar-refractivity contribution in [2.45, 2.75) is 13.5 Å². The Morgan fingerprint density at radius 1 is 1.22 bits per heavy atom. The summed E-state index contributed by atoms with van der Waals surface area (Å²) < 4.78 is 5.71. The molecule has 2 aromatic carbocycles. The van der Waals surface area contributed by atoms with Gasteiger partial charge in [0, 0.05) is 10.6 Å². The molecule has 0 unspecified atom stereocenters. The normalized spacial score (nSPS) is 9.83. The van der Waals surface area contributed by atoms with Crippen molar-refractivity contribution >= 4 is 11.6 Å². The van der Waals surface area contributed by atoms with Crippen LogP contribution in [0, 0.1) is 18.3 Å². The van der Waals surface area contributed by atoms with Crippen LogP contribution in [0.25, 0.3) is 0 Å². The summed E-state index contributed by atoms with van der Waals surface area (Å²) in [7, 11) is 0. The van der Waals surface area contributed by atoms with Gasteiger partial charge in [0.2, 0.25) is 0 Å². The molecule has 0 amide bonds. The molecule has 0 bridgehead atoms. The van der Waals surface area contributed by atoms with Crippen LogP contribution < -0.4 is 4.74 Å². The summed E-state index contributed by atoms with van der Waals surface area (Å²) in [4.78, 5) is 0. The van der Waals surface area contributed by atoms with Gasteiger partial charge in [0.1, 0.15) is 12.4 Å². The molecule has 0 aliphatic rings. The van der Waals surface area contributed by atoms with Gasteiger partial charge in [0.05, 0.1) is 11.6 Å². The summed E-state index contributed by atoms with van der Waals surface area (Å²) in [6.07, 6.45) is 0. The molecule has 0 saturated heterocycles. The van der Waals surface area contributed by atoms with E-state index in [0.29, 0.717) is 17.2 Å². The molecular formula is C15H12ClNO. The molecule has 0 aliphatic heterocycles. The van der Waals surface area contributed by atoms with Crippen molar-refractivity contribution in [3.8, 4) is 11.8 Å². The van der Waals surface area contributed by atoms with Crippen molar-refractivity contribution in [3.63, 3.8) is 0 Å². The van der Waals surface area contributed by atoms with Gasteiger partial charge in [0.25, 0.3) is 0 Å². The molecule has 0 aliphatic carbocycles. The van der Waals surface area contributed by atoms with Crippen molar-refractivity contribution in [2.75, 3.05) is 0 Å². The highest BCUT2D eigenvalue weighted by atomic mass is 35.5. The summed E-state index contributed by atoms with van der Waals surface area (Å²) in [6, 6.07) is 15.0. The maximum absolute atomic E-state index is 8.79. The van der Waals surface area contributed by atoms with Crippen LogP contribution in [-0.2, 0) is 6.61 Å². The number of nitriles is 1. The van der Waals surface area contributed by atoms with Gasteiger partial charge in [-0.05, 0) is 36.8 Å². The molecule has 2 aromatic rings. The van der Waals surface area contributed by atoms with Crippen molar-refractivity contribution in [1.29, 1.82) is 5.26 Å². The van der Waals surface area contributed by atoms with Crippen LogP contribution in [0.3, 0.4) is 0 Å². The highest BCUT2D eigenvalue weighted by Gasteiger charge is 2.03. The minimum atomic E-state index is 0.423. The van der Waals surface area contributed by atoms with Crippen LogP contribution in [0.4, 0.5) is 0 Å². The van der Waals surface area contributed by atoms with E-state index in [0.717, 1.165) is 16.9 Å². The first-order valence-electron chi connectivity index (χ1n) is 5.57.